The normalized spacial score (nSPS) is 9.83. The molecule has 292 valence electrons. The first-order valence-corrected chi connectivity index (χ1v) is 20.1. The molecule has 0 amide bonds. The Bertz CT molecular complexity index is 1930. The molecule has 0 aliphatic heterocycles. The molecule has 0 radical (unpaired) electrons. The van der Waals surface area contributed by atoms with Crippen LogP contribution in [0.2, 0.25) is 0 Å². The summed E-state index contributed by atoms with van der Waals surface area (Å²) in [4.78, 5) is 77.8. The average molecular weight is 983 g/mol. The van der Waals surface area contributed by atoms with E-state index in [2.05, 4.69) is 6.07 Å². The van der Waals surface area contributed by atoms with Crippen LogP contribution < -0.4 is 0 Å². The molecule has 7 aromatic rings. The molecule has 58 heavy (non-hydrogen) atoms. The molecular weight excluding hydrogens is 946 g/mol. The van der Waals surface area contributed by atoms with Crippen LogP contribution in [-0.4, -0.2) is 38.6 Å². The minimum Gasteiger partial charge on any atom is -0.412 e. The van der Waals surface area contributed by atoms with Crippen LogP contribution >= 0.6 is 15.8 Å². The predicted molar refractivity (Wildman–Crippen MR) is 227 cm³/mol. The molecule has 0 spiro atoms. The number of benzene rings is 7. The molecule has 0 bridgehead atoms. The smallest absolute Gasteiger partial charge is 0.200 e. The molecule has 0 aromatic heterocycles. The molecule has 7 nitrogen and oxygen atoms in total. The topological polar surface area (TPSA) is 134 Å². The van der Waals surface area contributed by atoms with Crippen molar-refractivity contribution in [2.24, 2.45) is 0 Å². The van der Waals surface area contributed by atoms with Gasteiger partial charge in [-0.1, -0.05) is 182 Å². The first-order chi connectivity index (χ1) is 27.4. The number of rotatable bonds is 12. The molecule has 0 fully saturated rings. The molecule has 7 aromatic carbocycles. The van der Waals surface area contributed by atoms with Gasteiger partial charge in [-0.15, -0.1) is 0 Å². The maximum Gasteiger partial charge on any atom is 0.200 e. The largest absolute Gasteiger partial charge is 0.412 e. The first kappa shape index (κ1) is 46.5. The van der Waals surface area contributed by atoms with Gasteiger partial charge in [0, 0.05) is 54.4 Å². The van der Waals surface area contributed by atoms with Crippen molar-refractivity contribution < 1.29 is 55.3 Å². The number of hydrogen-bond acceptors (Lipinski definition) is 6. The number of carbonyl (C=O) groups is 6. The molecular formula is C48H37O7P2Pt-. The van der Waals surface area contributed by atoms with Crippen molar-refractivity contribution in [1.29, 1.82) is 0 Å². The van der Waals surface area contributed by atoms with E-state index in [0.29, 0.717) is 33.4 Å². The quantitative estimate of drug-likeness (QED) is 0.0884. The van der Waals surface area contributed by atoms with Crippen molar-refractivity contribution in [1.82, 2.24) is 0 Å². The van der Waals surface area contributed by atoms with Gasteiger partial charge < -0.3 is 5.48 Å². The zero-order valence-corrected chi connectivity index (χ0v) is 34.9. The zero-order chi connectivity index (χ0) is 39.5. The van der Waals surface area contributed by atoms with Crippen molar-refractivity contribution in [3.63, 3.8) is 0 Å². The van der Waals surface area contributed by atoms with Crippen LogP contribution in [0.4, 0.5) is 0 Å². The molecule has 0 unspecified atom stereocenters. The van der Waals surface area contributed by atoms with E-state index in [4.69, 9.17) is 0 Å². The van der Waals surface area contributed by atoms with E-state index in [9.17, 15) is 28.8 Å². The summed E-state index contributed by atoms with van der Waals surface area (Å²) in [6, 6.07) is 63.5. The van der Waals surface area contributed by atoms with Crippen LogP contribution in [0.1, 0.15) is 62.1 Å². The molecule has 0 aliphatic carbocycles. The fourth-order valence-electron chi connectivity index (χ4n) is 5.15. The number of hydrogen-bond donors (Lipinski definition) is 0. The SMILES string of the molecule is O.O=C(c1ccccc1)P(C(=O)c1ccccc1)C(=O)c1ccccc1.O=C(c1ccccc1)P(C(=O)c1ccccc1)C(=O)c1ccccc1.[Pt].[c-]1ccccc1. The van der Waals surface area contributed by atoms with Crippen LogP contribution in [-0.2, 0) is 21.1 Å². The predicted octanol–water partition coefficient (Wildman–Crippen LogP) is 10.6. The van der Waals surface area contributed by atoms with E-state index in [0.717, 1.165) is 0 Å². The fraction of sp³-hybridized carbons (Fsp3) is 0. The van der Waals surface area contributed by atoms with Gasteiger partial charge in [0.15, 0.2) is 33.1 Å². The Balaban J connectivity index is 0.000000263. The molecule has 0 saturated carbocycles. The Morgan fingerprint density at radius 2 is 0.431 bits per heavy atom. The second kappa shape index (κ2) is 24.6. The first-order valence-electron chi connectivity index (χ1n) is 17.4. The van der Waals surface area contributed by atoms with Crippen molar-refractivity contribution in [3.8, 4) is 0 Å². The zero-order valence-electron chi connectivity index (χ0n) is 30.9. The third-order valence-corrected chi connectivity index (χ3v) is 11.9. The van der Waals surface area contributed by atoms with Gasteiger partial charge in [-0.05, 0) is 0 Å². The van der Waals surface area contributed by atoms with Crippen molar-refractivity contribution in [2.75, 3.05) is 0 Å². The van der Waals surface area contributed by atoms with E-state index in [1.165, 1.54) is 0 Å². The van der Waals surface area contributed by atoms with Crippen LogP contribution in [0, 0.1) is 6.07 Å². The van der Waals surface area contributed by atoms with E-state index in [-0.39, 0.29) is 26.5 Å². The summed E-state index contributed by atoms with van der Waals surface area (Å²) in [5.74, 6) is 0. The molecule has 0 heterocycles. The van der Waals surface area contributed by atoms with Gasteiger partial charge in [-0.2, -0.15) is 36.4 Å². The van der Waals surface area contributed by atoms with Crippen LogP contribution in [0.15, 0.2) is 212 Å². The van der Waals surface area contributed by atoms with Crippen molar-refractivity contribution in [3.05, 3.63) is 252 Å². The summed E-state index contributed by atoms with van der Waals surface area (Å²) in [7, 11) is -4.38. The Hall–Kier alpha value is -5.93. The second-order valence-electron chi connectivity index (χ2n) is 11.8. The van der Waals surface area contributed by atoms with Gasteiger partial charge >= 0.3 is 0 Å². The van der Waals surface area contributed by atoms with Gasteiger partial charge in [-0.3, -0.25) is 28.8 Å². The Kier molecular flexibility index (Phi) is 19.7. The fourth-order valence-corrected chi connectivity index (χ4v) is 8.70. The molecule has 0 atom stereocenters. The Labute approximate surface area is 354 Å². The summed E-state index contributed by atoms with van der Waals surface area (Å²) in [6.07, 6.45) is 0. The third-order valence-electron chi connectivity index (χ3n) is 7.95. The van der Waals surface area contributed by atoms with E-state index < -0.39 is 49.0 Å². The summed E-state index contributed by atoms with van der Waals surface area (Å²) >= 11 is 0. The van der Waals surface area contributed by atoms with Crippen LogP contribution in [0.25, 0.3) is 0 Å². The molecule has 0 aliphatic rings. The van der Waals surface area contributed by atoms with Crippen LogP contribution in [0.3, 0.4) is 0 Å². The Morgan fingerprint density at radius 1 is 0.276 bits per heavy atom. The Morgan fingerprint density at radius 3 is 0.552 bits per heavy atom. The maximum atomic E-state index is 13.0. The van der Waals surface area contributed by atoms with Gasteiger partial charge in [0.2, 0.25) is 0 Å². The maximum absolute atomic E-state index is 13.0. The van der Waals surface area contributed by atoms with E-state index in [1.807, 2.05) is 30.3 Å². The van der Waals surface area contributed by atoms with Crippen molar-refractivity contribution >= 4 is 49.0 Å². The van der Waals surface area contributed by atoms with Crippen LogP contribution in [0.5, 0.6) is 0 Å². The summed E-state index contributed by atoms with van der Waals surface area (Å²) < 4.78 is 0. The van der Waals surface area contributed by atoms with Crippen molar-refractivity contribution in [2.45, 2.75) is 0 Å². The average Bonchev–Trinajstić information content (AvgIpc) is 3.29. The molecule has 0 saturated heterocycles. The molecule has 10 heteroatoms. The minimum absolute atomic E-state index is 0. The standard InChI is InChI=1S/2C21H15O3P.C6H5.H2O.Pt/c2*22-19(16-10-4-1-5-11-16)25(20(23)17-12-6-2-7-13-17)21(24)18-14-8-3-9-15-18;1-2-4-6-5-3-1;;/h2*1-15H;1-5H;1H2;/q;;-1;;. The third kappa shape index (κ3) is 13.1. The van der Waals surface area contributed by atoms with E-state index >= 15 is 0 Å². The molecule has 2 N–H and O–H groups in total. The molecule has 7 rings (SSSR count). The summed E-state index contributed by atoms with van der Waals surface area (Å²) in [6.45, 7) is 0. The monoisotopic (exact) mass is 982 g/mol. The van der Waals surface area contributed by atoms with E-state index in [1.54, 1.807) is 182 Å². The van der Waals surface area contributed by atoms with Gasteiger partial charge in [0.1, 0.15) is 15.8 Å². The van der Waals surface area contributed by atoms with Gasteiger partial charge in [0.05, 0.1) is 0 Å². The second-order valence-corrected chi connectivity index (χ2v) is 15.6. The summed E-state index contributed by atoms with van der Waals surface area (Å²) in [5.41, 5.74) is -0.247. The van der Waals surface area contributed by atoms with Gasteiger partial charge in [0.25, 0.3) is 0 Å². The minimum atomic E-state index is -2.19. The number of carbonyl (C=O) groups excluding carboxylic acids is 6. The summed E-state index contributed by atoms with van der Waals surface area (Å²) in [5, 5.41) is 0. The van der Waals surface area contributed by atoms with Gasteiger partial charge in [-0.25, -0.2) is 0 Å².